The summed E-state index contributed by atoms with van der Waals surface area (Å²) in [7, 11) is 3.18. The van der Waals surface area contributed by atoms with Gasteiger partial charge in [0.25, 0.3) is 5.91 Å². The zero-order chi connectivity index (χ0) is 23.8. The number of carbonyl (C=O) groups is 3. The first kappa shape index (κ1) is 21.3. The highest BCUT2D eigenvalue weighted by Crippen LogP contribution is 2.51. The summed E-state index contributed by atoms with van der Waals surface area (Å²) in [5, 5.41) is 35.2. The van der Waals surface area contributed by atoms with Crippen LogP contribution in [0.5, 0.6) is 0 Å². The van der Waals surface area contributed by atoms with E-state index < -0.39 is 52.3 Å². The Hall–Kier alpha value is -3.56. The van der Waals surface area contributed by atoms with Gasteiger partial charge in [0.1, 0.15) is 22.8 Å². The molecule has 1 heterocycles. The molecule has 1 fully saturated rings. The number of carbonyl (C=O) groups excluding carboxylic acids is 3. The summed E-state index contributed by atoms with van der Waals surface area (Å²) in [4.78, 5) is 44.6. The number of amides is 1. The van der Waals surface area contributed by atoms with Crippen LogP contribution in [0.25, 0.3) is 16.5 Å². The molecule has 1 saturated carbocycles. The van der Waals surface area contributed by atoms with Gasteiger partial charge in [0, 0.05) is 23.1 Å². The van der Waals surface area contributed by atoms with Crippen molar-refractivity contribution in [3.8, 4) is 0 Å². The van der Waals surface area contributed by atoms with Gasteiger partial charge in [0.05, 0.1) is 6.04 Å². The number of benzene rings is 1. The first-order valence-corrected chi connectivity index (χ1v) is 10.6. The van der Waals surface area contributed by atoms with E-state index in [1.54, 1.807) is 20.3 Å². The Morgan fingerprint density at radius 1 is 1.21 bits per heavy atom. The summed E-state index contributed by atoms with van der Waals surface area (Å²) < 4.78 is 0. The minimum atomic E-state index is -2.57. The largest absolute Gasteiger partial charge is 0.508 e. The van der Waals surface area contributed by atoms with Crippen molar-refractivity contribution in [2.24, 2.45) is 17.6 Å². The molecule has 170 valence electrons. The number of hydrogen-bond acceptors (Lipinski definition) is 8. The fraction of sp³-hybridized carbons (Fsp3) is 0.333. The van der Waals surface area contributed by atoms with Gasteiger partial charge in [-0.15, -0.1) is 0 Å². The molecule has 3 aliphatic rings. The third-order valence-corrected chi connectivity index (χ3v) is 7.21. The molecule has 1 aromatic carbocycles. The van der Waals surface area contributed by atoms with Crippen LogP contribution in [-0.4, -0.2) is 68.4 Å². The van der Waals surface area contributed by atoms with Crippen LogP contribution in [0, 0.1) is 11.8 Å². The zero-order valence-corrected chi connectivity index (χ0v) is 18.1. The lowest BCUT2D eigenvalue weighted by Gasteiger charge is -2.50. The number of aliphatic hydroxyl groups is 3. The highest BCUT2D eigenvalue weighted by Gasteiger charge is 2.64. The van der Waals surface area contributed by atoms with E-state index in [4.69, 9.17) is 5.73 Å². The number of aromatic nitrogens is 1. The maximum absolute atomic E-state index is 13.7. The molecule has 4 atom stereocenters. The molecule has 0 radical (unpaired) electrons. The Morgan fingerprint density at radius 3 is 2.58 bits per heavy atom. The van der Waals surface area contributed by atoms with Crippen molar-refractivity contribution in [1.82, 2.24) is 9.88 Å². The predicted octanol–water partition coefficient (Wildman–Crippen LogP) is 0.807. The summed E-state index contributed by atoms with van der Waals surface area (Å²) in [5.41, 5.74) is 2.92. The summed E-state index contributed by atoms with van der Waals surface area (Å²) in [5.74, 6) is -5.89. The third kappa shape index (κ3) is 2.66. The molecule has 0 spiro atoms. The van der Waals surface area contributed by atoms with Crippen LogP contribution in [0.2, 0.25) is 0 Å². The van der Waals surface area contributed by atoms with E-state index >= 15 is 0 Å². The van der Waals surface area contributed by atoms with Gasteiger partial charge in [-0.25, -0.2) is 0 Å². The van der Waals surface area contributed by atoms with E-state index in [9.17, 15) is 29.7 Å². The van der Waals surface area contributed by atoms with Crippen LogP contribution in [-0.2, 0) is 20.8 Å². The summed E-state index contributed by atoms with van der Waals surface area (Å²) in [6, 6.07) is 6.51. The Bertz CT molecular complexity index is 1330. The maximum Gasteiger partial charge on any atom is 0.255 e. The van der Waals surface area contributed by atoms with Crippen LogP contribution in [0.3, 0.4) is 0 Å². The number of hydrogen-bond donors (Lipinski definition) is 4. The first-order chi connectivity index (χ1) is 15.6. The predicted molar refractivity (Wildman–Crippen MR) is 118 cm³/mol. The minimum Gasteiger partial charge on any atom is -0.508 e. The van der Waals surface area contributed by atoms with Gasteiger partial charge >= 0.3 is 0 Å². The van der Waals surface area contributed by atoms with E-state index in [1.807, 2.05) is 24.3 Å². The first-order valence-electron chi connectivity index (χ1n) is 10.6. The van der Waals surface area contributed by atoms with Gasteiger partial charge in [-0.1, -0.05) is 24.3 Å². The minimum absolute atomic E-state index is 0.0637. The van der Waals surface area contributed by atoms with E-state index in [2.05, 4.69) is 4.98 Å². The Morgan fingerprint density at radius 2 is 1.91 bits per heavy atom. The second kappa shape index (κ2) is 6.97. The van der Waals surface area contributed by atoms with Crippen LogP contribution in [0.15, 0.2) is 47.4 Å². The Balaban J connectivity index is 1.75. The zero-order valence-electron chi connectivity index (χ0n) is 18.1. The molecule has 9 nitrogen and oxygen atoms in total. The molecule has 1 aromatic heterocycles. The van der Waals surface area contributed by atoms with Crippen LogP contribution in [0.4, 0.5) is 0 Å². The molecule has 3 aliphatic carbocycles. The van der Waals surface area contributed by atoms with Crippen molar-refractivity contribution in [3.05, 3.63) is 58.6 Å². The van der Waals surface area contributed by atoms with E-state index in [1.165, 1.54) is 4.90 Å². The molecule has 0 bridgehead atoms. The van der Waals surface area contributed by atoms with E-state index in [-0.39, 0.29) is 23.4 Å². The molecule has 33 heavy (non-hydrogen) atoms. The van der Waals surface area contributed by atoms with Gasteiger partial charge in [0.15, 0.2) is 11.4 Å². The molecule has 0 aliphatic heterocycles. The fourth-order valence-electron chi connectivity index (χ4n) is 5.76. The van der Waals surface area contributed by atoms with Crippen LogP contribution < -0.4 is 5.73 Å². The lowest BCUT2D eigenvalue weighted by atomic mass is 9.57. The second-order valence-electron chi connectivity index (χ2n) is 9.13. The monoisotopic (exact) mass is 449 g/mol. The molecular weight excluding hydrogens is 426 g/mol. The number of fused-ring (bicyclic) bond motifs is 5. The summed E-state index contributed by atoms with van der Waals surface area (Å²) in [6.45, 7) is 0. The molecule has 5 rings (SSSR count). The number of Topliss-reactive ketones (excluding diaryl/α,β-unsaturated/α-hetero) is 2. The molecule has 0 unspecified atom stereocenters. The fourth-order valence-corrected chi connectivity index (χ4v) is 5.76. The van der Waals surface area contributed by atoms with Gasteiger partial charge in [-0.3, -0.25) is 24.3 Å². The number of primary amides is 1. The lowest BCUT2D eigenvalue weighted by molar-refractivity contribution is -0.153. The summed E-state index contributed by atoms with van der Waals surface area (Å²) in [6.07, 6.45) is 2.08. The third-order valence-electron chi connectivity index (χ3n) is 7.21. The van der Waals surface area contributed by atoms with Crippen molar-refractivity contribution in [2.75, 3.05) is 14.1 Å². The standard InChI is InChI=1S/C24H23N3O6/c1-27(2)18-14-8-11-7-13-12-6-4-3-5-10(12)9-26-17(13)19(28)15(11)21(30)24(14,33)22(31)16(20(18)29)23(25)32/h3-6,9,11,14,18,28,31,33H,7-8H2,1-2H3,(H2,25,32)/t11-,14-,18-,24-/m0/s1. The number of pyridine rings is 1. The molecular formula is C24H23N3O6. The van der Waals surface area contributed by atoms with Crippen molar-refractivity contribution in [1.29, 1.82) is 0 Å². The van der Waals surface area contributed by atoms with Gasteiger partial charge in [-0.2, -0.15) is 0 Å². The van der Waals surface area contributed by atoms with E-state index in [0.29, 0.717) is 6.42 Å². The van der Waals surface area contributed by atoms with Gasteiger partial charge in [0.2, 0.25) is 5.78 Å². The number of nitrogens with zero attached hydrogens (tertiary/aromatic N) is 2. The highest BCUT2D eigenvalue weighted by atomic mass is 16.3. The SMILES string of the molecule is CN(C)[C@@H]1C(=O)C(C(N)=O)=C(O)[C@@]2(O)C(=O)C3=C(O)c4ncc5ccccc5c4C[C@H]3C[C@@H]12. The van der Waals surface area contributed by atoms with Crippen molar-refractivity contribution >= 4 is 34.0 Å². The highest BCUT2D eigenvalue weighted by molar-refractivity contribution is 6.24. The number of aliphatic hydroxyl groups excluding tert-OH is 2. The normalized spacial score (nSPS) is 29.3. The molecule has 1 amide bonds. The molecule has 2 aromatic rings. The van der Waals surface area contributed by atoms with Crippen molar-refractivity contribution in [3.63, 3.8) is 0 Å². The second-order valence-corrected chi connectivity index (χ2v) is 9.13. The lowest BCUT2D eigenvalue weighted by Crippen LogP contribution is -2.65. The van der Waals surface area contributed by atoms with Crippen LogP contribution >= 0.6 is 0 Å². The quantitative estimate of drug-likeness (QED) is 0.491. The molecule has 9 heteroatoms. The molecule has 0 saturated heterocycles. The number of rotatable bonds is 2. The Labute approximate surface area is 188 Å². The maximum atomic E-state index is 13.7. The van der Waals surface area contributed by atoms with Crippen molar-refractivity contribution in [2.45, 2.75) is 24.5 Å². The summed E-state index contributed by atoms with van der Waals surface area (Å²) >= 11 is 0. The van der Waals surface area contributed by atoms with Gasteiger partial charge in [-0.05, 0) is 43.8 Å². The average molecular weight is 449 g/mol. The van der Waals surface area contributed by atoms with Crippen LogP contribution in [0.1, 0.15) is 17.7 Å². The van der Waals surface area contributed by atoms with Gasteiger partial charge < -0.3 is 21.1 Å². The smallest absolute Gasteiger partial charge is 0.255 e. The number of likely N-dealkylation sites (N-methyl/N-ethyl adjacent to an activating group) is 1. The van der Waals surface area contributed by atoms with Crippen molar-refractivity contribution < 1.29 is 29.7 Å². The number of ketones is 2. The topological polar surface area (TPSA) is 154 Å². The average Bonchev–Trinajstić information content (AvgIpc) is 2.76. The Kier molecular flexibility index (Phi) is 4.50. The number of nitrogens with two attached hydrogens (primary N) is 1. The van der Waals surface area contributed by atoms with E-state index in [0.717, 1.165) is 16.3 Å². The molecule has 5 N–H and O–H groups in total.